The van der Waals surface area contributed by atoms with Gasteiger partial charge in [-0.1, -0.05) is 0 Å². The lowest BCUT2D eigenvalue weighted by atomic mass is 10.3. The van der Waals surface area contributed by atoms with Crippen molar-refractivity contribution in [1.82, 2.24) is 9.97 Å². The normalized spacial score (nSPS) is 10.5. The molecule has 78 valence electrons. The zero-order valence-electron chi connectivity index (χ0n) is 8.28. The van der Waals surface area contributed by atoms with Crippen molar-refractivity contribution in [3.05, 3.63) is 29.7 Å². The second-order valence-corrected chi connectivity index (χ2v) is 3.32. The second kappa shape index (κ2) is 3.61. The summed E-state index contributed by atoms with van der Waals surface area (Å²) in [7, 11) is 0. The first-order valence-electron chi connectivity index (χ1n) is 4.51. The van der Waals surface area contributed by atoms with E-state index in [4.69, 9.17) is 5.73 Å². The first kappa shape index (κ1) is 9.51. The Hall–Kier alpha value is -2.04. The third-order valence-corrected chi connectivity index (χ3v) is 2.07. The second-order valence-electron chi connectivity index (χ2n) is 3.32. The van der Waals surface area contributed by atoms with Crippen molar-refractivity contribution in [2.45, 2.75) is 13.5 Å². The lowest BCUT2D eigenvalue weighted by Gasteiger charge is -1.96. The number of pyridine rings is 1. The van der Waals surface area contributed by atoms with Crippen LogP contribution in [0.25, 0.3) is 10.9 Å². The van der Waals surface area contributed by atoms with Gasteiger partial charge in [-0.3, -0.25) is 4.98 Å². The first-order chi connectivity index (χ1) is 7.15. The maximum atomic E-state index is 10.4. The standard InChI is InChI=1S/C10H11N3O2/c1-6-2-9-7(4-12-6)3-8(13-9)5-15-10(11)14/h2-4,13H,5H2,1H3,(H2,11,14). The first-order valence-corrected chi connectivity index (χ1v) is 4.51. The number of nitrogens with zero attached hydrogens (tertiary/aromatic N) is 1. The van der Waals surface area contributed by atoms with E-state index in [0.717, 1.165) is 22.3 Å². The highest BCUT2D eigenvalue weighted by Gasteiger charge is 2.03. The molecule has 0 aliphatic rings. The van der Waals surface area contributed by atoms with E-state index in [0.29, 0.717) is 0 Å². The average Bonchev–Trinajstić information content (AvgIpc) is 2.56. The molecule has 0 atom stereocenters. The number of carbonyl (C=O) groups is 1. The number of aromatic nitrogens is 2. The summed E-state index contributed by atoms with van der Waals surface area (Å²) in [6.07, 6.45) is 0.998. The van der Waals surface area contributed by atoms with Crippen LogP contribution in [0.1, 0.15) is 11.4 Å². The third-order valence-electron chi connectivity index (χ3n) is 2.07. The van der Waals surface area contributed by atoms with Crippen molar-refractivity contribution < 1.29 is 9.53 Å². The zero-order valence-corrected chi connectivity index (χ0v) is 8.28. The SMILES string of the molecule is Cc1cc2[nH]c(COC(N)=O)cc2cn1. The van der Waals surface area contributed by atoms with Crippen molar-refractivity contribution in [3.63, 3.8) is 0 Å². The number of aryl methyl sites for hydroxylation is 1. The summed E-state index contributed by atoms with van der Waals surface area (Å²) in [4.78, 5) is 17.7. The van der Waals surface area contributed by atoms with Gasteiger partial charge < -0.3 is 15.5 Å². The molecule has 0 aliphatic heterocycles. The van der Waals surface area contributed by atoms with Crippen LogP contribution in [0.2, 0.25) is 0 Å². The molecule has 2 rings (SSSR count). The number of rotatable bonds is 2. The van der Waals surface area contributed by atoms with Crippen molar-refractivity contribution in [2.75, 3.05) is 0 Å². The molecule has 5 nitrogen and oxygen atoms in total. The summed E-state index contributed by atoms with van der Waals surface area (Å²) in [5, 5.41) is 0.990. The number of fused-ring (bicyclic) bond motifs is 1. The molecule has 2 aromatic rings. The van der Waals surface area contributed by atoms with Gasteiger partial charge >= 0.3 is 6.09 Å². The quantitative estimate of drug-likeness (QED) is 0.778. The van der Waals surface area contributed by atoms with Gasteiger partial charge in [0.15, 0.2) is 0 Å². The van der Waals surface area contributed by atoms with E-state index in [-0.39, 0.29) is 6.61 Å². The Morgan fingerprint density at radius 2 is 2.40 bits per heavy atom. The molecule has 0 radical (unpaired) electrons. The largest absolute Gasteiger partial charge is 0.443 e. The number of nitrogens with two attached hydrogens (primary N) is 1. The van der Waals surface area contributed by atoms with Gasteiger partial charge in [0, 0.05) is 22.8 Å². The third kappa shape index (κ3) is 2.07. The van der Waals surface area contributed by atoms with Gasteiger partial charge in [0.25, 0.3) is 0 Å². The summed E-state index contributed by atoms with van der Waals surface area (Å²) in [5.74, 6) is 0. The summed E-state index contributed by atoms with van der Waals surface area (Å²) in [5.41, 5.74) is 7.59. The molecule has 2 heterocycles. The number of ether oxygens (including phenoxy) is 1. The van der Waals surface area contributed by atoms with Crippen molar-refractivity contribution in [1.29, 1.82) is 0 Å². The highest BCUT2D eigenvalue weighted by atomic mass is 16.5. The molecule has 0 saturated carbocycles. The molecule has 3 N–H and O–H groups in total. The lowest BCUT2D eigenvalue weighted by molar-refractivity contribution is 0.149. The molecule has 15 heavy (non-hydrogen) atoms. The van der Waals surface area contributed by atoms with Crippen LogP contribution in [-0.4, -0.2) is 16.1 Å². The van der Waals surface area contributed by atoms with Crippen LogP contribution in [0.3, 0.4) is 0 Å². The van der Waals surface area contributed by atoms with E-state index >= 15 is 0 Å². The minimum Gasteiger partial charge on any atom is -0.443 e. The molecule has 5 heteroatoms. The van der Waals surface area contributed by atoms with E-state index < -0.39 is 6.09 Å². The molecular formula is C10H11N3O2. The molecule has 0 unspecified atom stereocenters. The fourth-order valence-corrected chi connectivity index (χ4v) is 1.42. The van der Waals surface area contributed by atoms with E-state index in [2.05, 4.69) is 14.7 Å². The fraction of sp³-hybridized carbons (Fsp3) is 0.200. The Morgan fingerprint density at radius 1 is 1.60 bits per heavy atom. The molecule has 0 saturated heterocycles. The Balaban J connectivity index is 2.27. The summed E-state index contributed by atoms with van der Waals surface area (Å²) >= 11 is 0. The maximum absolute atomic E-state index is 10.4. The Bertz CT molecular complexity index is 504. The number of nitrogens with one attached hydrogen (secondary N) is 1. The van der Waals surface area contributed by atoms with Crippen LogP contribution in [0.4, 0.5) is 4.79 Å². The number of aromatic amines is 1. The highest BCUT2D eigenvalue weighted by molar-refractivity contribution is 5.79. The van der Waals surface area contributed by atoms with Crippen LogP contribution in [0.15, 0.2) is 18.3 Å². The Morgan fingerprint density at radius 3 is 3.13 bits per heavy atom. The Kier molecular flexibility index (Phi) is 2.29. The maximum Gasteiger partial charge on any atom is 0.404 e. The Labute approximate surface area is 86.3 Å². The average molecular weight is 205 g/mol. The summed E-state index contributed by atoms with van der Waals surface area (Å²) in [6.45, 7) is 2.07. The van der Waals surface area contributed by atoms with Gasteiger partial charge in [-0.15, -0.1) is 0 Å². The number of hydrogen-bond acceptors (Lipinski definition) is 3. The van der Waals surface area contributed by atoms with Gasteiger partial charge in [-0.05, 0) is 19.1 Å². The van der Waals surface area contributed by atoms with Crippen LogP contribution in [-0.2, 0) is 11.3 Å². The molecule has 0 aliphatic carbocycles. The van der Waals surface area contributed by atoms with Crippen LogP contribution in [0, 0.1) is 6.92 Å². The van der Waals surface area contributed by atoms with Crippen molar-refractivity contribution in [2.24, 2.45) is 5.73 Å². The summed E-state index contributed by atoms with van der Waals surface area (Å²) < 4.78 is 4.67. The molecule has 0 spiro atoms. The van der Waals surface area contributed by atoms with Gasteiger partial charge in [-0.2, -0.15) is 0 Å². The minimum absolute atomic E-state index is 0.156. The smallest absolute Gasteiger partial charge is 0.404 e. The number of amides is 1. The van der Waals surface area contributed by atoms with Crippen molar-refractivity contribution >= 4 is 17.0 Å². The zero-order chi connectivity index (χ0) is 10.8. The molecule has 0 bridgehead atoms. The van der Waals surface area contributed by atoms with Gasteiger partial charge in [-0.25, -0.2) is 4.79 Å². The molecule has 1 amide bonds. The van der Waals surface area contributed by atoms with Crippen LogP contribution in [0.5, 0.6) is 0 Å². The summed E-state index contributed by atoms with van der Waals surface area (Å²) in [6, 6.07) is 3.81. The van der Waals surface area contributed by atoms with Gasteiger partial charge in [0.2, 0.25) is 0 Å². The number of H-pyrrole nitrogens is 1. The van der Waals surface area contributed by atoms with Crippen LogP contribution < -0.4 is 5.73 Å². The van der Waals surface area contributed by atoms with Crippen molar-refractivity contribution in [3.8, 4) is 0 Å². The predicted octanol–water partition coefficient (Wildman–Crippen LogP) is 1.47. The molecular weight excluding hydrogens is 194 g/mol. The number of carbonyl (C=O) groups excluding carboxylic acids is 1. The van der Waals surface area contributed by atoms with Gasteiger partial charge in [0.05, 0.1) is 5.69 Å². The number of primary amides is 1. The number of hydrogen-bond donors (Lipinski definition) is 2. The fourth-order valence-electron chi connectivity index (χ4n) is 1.42. The lowest BCUT2D eigenvalue weighted by Crippen LogP contribution is -2.12. The van der Waals surface area contributed by atoms with E-state index in [1.54, 1.807) is 6.20 Å². The van der Waals surface area contributed by atoms with E-state index in [9.17, 15) is 4.79 Å². The van der Waals surface area contributed by atoms with E-state index in [1.165, 1.54) is 0 Å². The monoisotopic (exact) mass is 205 g/mol. The highest BCUT2D eigenvalue weighted by Crippen LogP contribution is 2.15. The van der Waals surface area contributed by atoms with Crippen LogP contribution >= 0.6 is 0 Å². The molecule has 2 aromatic heterocycles. The van der Waals surface area contributed by atoms with E-state index in [1.807, 2.05) is 19.1 Å². The minimum atomic E-state index is -0.775. The van der Waals surface area contributed by atoms with Gasteiger partial charge in [0.1, 0.15) is 6.61 Å². The predicted molar refractivity (Wildman–Crippen MR) is 55.2 cm³/mol. The molecule has 0 aromatic carbocycles. The molecule has 0 fully saturated rings. The topological polar surface area (TPSA) is 81.0 Å².